The Bertz CT molecular complexity index is 1560. The van der Waals surface area contributed by atoms with Gasteiger partial charge in [0.05, 0.1) is 16.8 Å². The number of aromatic nitrogens is 2. The molecule has 0 saturated carbocycles. The number of rotatable bonds is 7. The van der Waals surface area contributed by atoms with E-state index < -0.39 is 41.4 Å². The van der Waals surface area contributed by atoms with Gasteiger partial charge in [0.25, 0.3) is 0 Å². The number of piperazine rings is 1. The predicted octanol–water partition coefficient (Wildman–Crippen LogP) is 5.06. The zero-order valence-corrected chi connectivity index (χ0v) is 25.9. The lowest BCUT2D eigenvalue weighted by Crippen LogP contribution is -2.45. The minimum absolute atomic E-state index is 0.0605. The zero-order chi connectivity index (χ0) is 36.2. The molecular formula is C31H33F6N5O6. The van der Waals surface area contributed by atoms with E-state index in [0.717, 1.165) is 37.3 Å². The van der Waals surface area contributed by atoms with E-state index in [-0.39, 0.29) is 23.7 Å². The summed E-state index contributed by atoms with van der Waals surface area (Å²) in [5.74, 6) is -2.92. The Labute approximate surface area is 271 Å². The van der Waals surface area contributed by atoms with Crippen LogP contribution in [0.15, 0.2) is 60.8 Å². The molecule has 0 amide bonds. The quantitative estimate of drug-likeness (QED) is 0.195. The highest BCUT2D eigenvalue weighted by Gasteiger charge is 2.36. The molecular weight excluding hydrogens is 652 g/mol. The van der Waals surface area contributed by atoms with Crippen LogP contribution in [0.3, 0.4) is 0 Å². The molecule has 0 atom stereocenters. The van der Waals surface area contributed by atoms with Gasteiger partial charge in [0.2, 0.25) is 5.95 Å². The van der Waals surface area contributed by atoms with E-state index in [2.05, 4.69) is 32.1 Å². The third kappa shape index (κ3) is 12.3. The molecule has 4 rings (SSSR count). The number of likely N-dealkylation sites (N-methyl/N-ethyl adjacent to an activating group) is 1. The number of carboxylic acid groups (broad SMARTS) is 3. The van der Waals surface area contributed by atoms with E-state index in [1.165, 1.54) is 13.2 Å². The zero-order valence-electron chi connectivity index (χ0n) is 25.9. The number of alkyl halides is 6. The van der Waals surface area contributed by atoms with Crippen LogP contribution in [0.2, 0.25) is 0 Å². The van der Waals surface area contributed by atoms with Gasteiger partial charge in [-0.3, -0.25) is 0 Å². The summed E-state index contributed by atoms with van der Waals surface area (Å²) in [6.45, 7) is 5.48. The van der Waals surface area contributed by atoms with Crippen molar-refractivity contribution in [1.82, 2.24) is 20.2 Å². The number of nitrogens with zero attached hydrogens (tertiary/aromatic N) is 4. The van der Waals surface area contributed by atoms with E-state index >= 15 is 0 Å². The van der Waals surface area contributed by atoms with Gasteiger partial charge in [-0.2, -0.15) is 26.3 Å². The van der Waals surface area contributed by atoms with Gasteiger partial charge in [0, 0.05) is 56.6 Å². The van der Waals surface area contributed by atoms with Crippen LogP contribution in [0.4, 0.5) is 32.3 Å². The molecule has 0 bridgehead atoms. The molecule has 1 aromatic heterocycles. The fourth-order valence-electron chi connectivity index (χ4n) is 4.20. The first-order valence-electron chi connectivity index (χ1n) is 14.0. The van der Waals surface area contributed by atoms with Crippen LogP contribution in [-0.2, 0) is 28.5 Å². The molecule has 260 valence electrons. The normalized spacial score (nSPS) is 13.6. The van der Waals surface area contributed by atoms with Crippen LogP contribution in [0.1, 0.15) is 32.6 Å². The summed E-state index contributed by atoms with van der Waals surface area (Å²) in [5, 5.41) is 27.6. The molecule has 1 fully saturated rings. The number of hydrogen-bond donors (Lipinski definition) is 4. The summed E-state index contributed by atoms with van der Waals surface area (Å²) < 4.78 is 74.3. The second kappa shape index (κ2) is 17.2. The summed E-state index contributed by atoms with van der Waals surface area (Å²) in [4.78, 5) is 43.9. The lowest BCUT2D eigenvalue weighted by atomic mass is 10.0. The number of halogens is 6. The number of hydrogen-bond acceptors (Lipinski definition) is 8. The van der Waals surface area contributed by atoms with Gasteiger partial charge in [-0.15, -0.1) is 0 Å². The molecule has 0 aliphatic carbocycles. The van der Waals surface area contributed by atoms with Crippen LogP contribution in [0.5, 0.6) is 0 Å². The highest BCUT2D eigenvalue weighted by molar-refractivity contribution is 5.95. The van der Waals surface area contributed by atoms with Gasteiger partial charge < -0.3 is 30.4 Å². The smallest absolute Gasteiger partial charge is 0.416 e. The summed E-state index contributed by atoms with van der Waals surface area (Å²) in [7, 11) is 3.53. The maximum atomic E-state index is 12.4. The van der Waals surface area contributed by atoms with Crippen molar-refractivity contribution in [2.24, 2.45) is 0 Å². The summed E-state index contributed by atoms with van der Waals surface area (Å²) in [5.41, 5.74) is -0.192. The number of nitrogens with one attached hydrogen (secondary N) is 1. The van der Waals surface area contributed by atoms with Gasteiger partial charge in [-0.1, -0.05) is 24.3 Å². The summed E-state index contributed by atoms with van der Waals surface area (Å²) in [6.07, 6.45) is -7.04. The van der Waals surface area contributed by atoms with Crippen LogP contribution < -0.4 is 10.2 Å². The van der Waals surface area contributed by atoms with E-state index in [0.29, 0.717) is 35.9 Å². The number of anilines is 1. The van der Waals surface area contributed by atoms with Crippen molar-refractivity contribution >= 4 is 23.9 Å². The molecule has 48 heavy (non-hydrogen) atoms. The summed E-state index contributed by atoms with van der Waals surface area (Å²) >= 11 is 0. The maximum Gasteiger partial charge on any atom is 0.416 e. The number of carboxylic acids is 3. The first-order valence-corrected chi connectivity index (χ1v) is 14.0. The van der Waals surface area contributed by atoms with Gasteiger partial charge in [0.1, 0.15) is 5.56 Å². The van der Waals surface area contributed by atoms with Gasteiger partial charge in [0.15, 0.2) is 0 Å². The van der Waals surface area contributed by atoms with Gasteiger partial charge in [-0.25, -0.2) is 24.4 Å². The molecule has 2 aromatic carbocycles. The lowest BCUT2D eigenvalue weighted by Gasteiger charge is -2.32. The number of aliphatic carboxylic acids is 2. The second-order valence-electron chi connectivity index (χ2n) is 10.3. The summed E-state index contributed by atoms with van der Waals surface area (Å²) in [6, 6.07) is 9.19. The van der Waals surface area contributed by atoms with E-state index in [9.17, 15) is 45.8 Å². The first kappa shape index (κ1) is 39.1. The molecule has 11 nitrogen and oxygen atoms in total. The van der Waals surface area contributed by atoms with Gasteiger partial charge >= 0.3 is 30.3 Å². The average Bonchev–Trinajstić information content (AvgIpc) is 3.00. The highest BCUT2D eigenvalue weighted by atomic mass is 19.4. The third-order valence-electron chi connectivity index (χ3n) is 6.59. The molecule has 0 radical (unpaired) electrons. The largest absolute Gasteiger partial charge is 0.478 e. The third-order valence-corrected chi connectivity index (χ3v) is 6.59. The molecule has 3 aromatic rings. The Morgan fingerprint density at radius 1 is 0.875 bits per heavy atom. The molecule has 1 saturated heterocycles. The van der Waals surface area contributed by atoms with Crippen molar-refractivity contribution in [1.29, 1.82) is 0 Å². The monoisotopic (exact) mass is 685 g/mol. The number of aromatic carboxylic acids is 1. The fraction of sp³-hybridized carbons (Fsp3) is 0.323. The van der Waals surface area contributed by atoms with Crippen molar-refractivity contribution in [3.05, 3.63) is 88.6 Å². The topological polar surface area (TPSA) is 156 Å². The first-order chi connectivity index (χ1) is 22.3. The van der Waals surface area contributed by atoms with Crippen molar-refractivity contribution in [3.63, 3.8) is 0 Å². The number of carbonyl (C=O) groups is 3. The maximum absolute atomic E-state index is 12.4. The van der Waals surface area contributed by atoms with E-state index in [1.54, 1.807) is 0 Å². The van der Waals surface area contributed by atoms with Crippen LogP contribution in [-0.4, -0.2) is 88.4 Å². The number of aryl methyl sites for hydroxylation is 1. The van der Waals surface area contributed by atoms with Crippen molar-refractivity contribution in [2.45, 2.75) is 25.8 Å². The van der Waals surface area contributed by atoms with E-state index in [4.69, 9.17) is 10.2 Å². The molecule has 0 unspecified atom stereocenters. The Hall–Kier alpha value is -5.03. The van der Waals surface area contributed by atoms with E-state index in [1.807, 2.05) is 31.2 Å². The highest BCUT2D eigenvalue weighted by Crippen LogP contribution is 2.36. The molecule has 2 heterocycles. The Kier molecular flexibility index (Phi) is 14.0. The van der Waals surface area contributed by atoms with Crippen LogP contribution >= 0.6 is 0 Å². The SMILES string of the molecule is CNCc1cc(C(F)(F)F)cc(C(F)(F)F)c1.Cc1ccccc1-c1nc(N2CCN(C)CC2)ncc1C(=O)O.O=C(O)/C=C/C(=O)O. The standard InChI is InChI=1S/C17H20N4O2.C10H9F6N.C4H4O4/c1-12-5-3-4-6-13(12)15-14(16(22)23)11-18-17(19-15)21-9-7-20(2)8-10-21;1-17-5-6-2-7(9(11,12)13)4-8(3-6)10(14,15)16;5-3(6)1-2-4(7)8/h3-6,11H,7-10H2,1-2H3,(H,22,23);2-4,17H,5H2,1H3;1-2H,(H,5,6)(H,7,8)/b;;2-1+. The lowest BCUT2D eigenvalue weighted by molar-refractivity contribution is -0.143. The molecule has 0 spiro atoms. The van der Waals surface area contributed by atoms with Crippen LogP contribution in [0, 0.1) is 6.92 Å². The van der Waals surface area contributed by atoms with Crippen molar-refractivity contribution in [2.75, 3.05) is 45.2 Å². The Morgan fingerprint density at radius 2 is 1.40 bits per heavy atom. The Morgan fingerprint density at radius 3 is 1.83 bits per heavy atom. The fourth-order valence-corrected chi connectivity index (χ4v) is 4.20. The molecule has 4 N–H and O–H groups in total. The molecule has 1 aliphatic heterocycles. The number of benzene rings is 2. The average molecular weight is 686 g/mol. The minimum Gasteiger partial charge on any atom is -0.478 e. The van der Waals surface area contributed by atoms with Crippen LogP contribution in [0.25, 0.3) is 11.3 Å². The molecule has 1 aliphatic rings. The predicted molar refractivity (Wildman–Crippen MR) is 162 cm³/mol. The van der Waals surface area contributed by atoms with Crippen molar-refractivity contribution < 1.29 is 56.0 Å². The Balaban J connectivity index is 0.000000281. The second-order valence-corrected chi connectivity index (χ2v) is 10.3. The van der Waals surface area contributed by atoms with Crippen molar-refractivity contribution in [3.8, 4) is 11.3 Å². The molecule has 17 heteroatoms. The minimum atomic E-state index is -4.79. The van der Waals surface area contributed by atoms with Gasteiger partial charge in [-0.05, 0) is 50.3 Å².